The molecule has 20 heavy (non-hydrogen) atoms. The SMILES string of the molecule is CCN(CC1CCCNC1)c1cc(C)cc2ncnn12. The zero-order valence-electron chi connectivity index (χ0n) is 12.3. The monoisotopic (exact) mass is 273 g/mol. The van der Waals surface area contributed by atoms with Gasteiger partial charge in [-0.3, -0.25) is 0 Å². The molecule has 0 amide bonds. The Balaban J connectivity index is 1.88. The van der Waals surface area contributed by atoms with Crippen molar-refractivity contribution >= 4 is 11.5 Å². The average Bonchev–Trinajstić information content (AvgIpc) is 2.93. The smallest absolute Gasteiger partial charge is 0.157 e. The van der Waals surface area contributed by atoms with E-state index in [9.17, 15) is 0 Å². The lowest BCUT2D eigenvalue weighted by Crippen LogP contribution is -2.39. The van der Waals surface area contributed by atoms with Gasteiger partial charge in [0.15, 0.2) is 5.65 Å². The Morgan fingerprint density at radius 3 is 3.10 bits per heavy atom. The summed E-state index contributed by atoms with van der Waals surface area (Å²) in [6.45, 7) is 8.70. The number of aryl methyl sites for hydroxylation is 1. The molecule has 1 aliphatic rings. The highest BCUT2D eigenvalue weighted by atomic mass is 15.4. The average molecular weight is 273 g/mol. The highest BCUT2D eigenvalue weighted by Gasteiger charge is 2.18. The van der Waals surface area contributed by atoms with E-state index in [2.05, 4.69) is 46.3 Å². The molecule has 1 atom stereocenters. The second-order valence-corrected chi connectivity index (χ2v) is 5.67. The van der Waals surface area contributed by atoms with E-state index < -0.39 is 0 Å². The van der Waals surface area contributed by atoms with Gasteiger partial charge in [0.1, 0.15) is 12.1 Å². The maximum absolute atomic E-state index is 4.37. The van der Waals surface area contributed by atoms with Gasteiger partial charge in [-0.05, 0) is 63.4 Å². The van der Waals surface area contributed by atoms with Crippen molar-refractivity contribution in [2.24, 2.45) is 5.92 Å². The van der Waals surface area contributed by atoms with Gasteiger partial charge in [0.25, 0.3) is 0 Å². The Kier molecular flexibility index (Phi) is 3.87. The molecule has 3 rings (SSSR count). The second-order valence-electron chi connectivity index (χ2n) is 5.67. The lowest BCUT2D eigenvalue weighted by molar-refractivity contribution is 0.377. The van der Waals surface area contributed by atoms with Crippen LogP contribution in [0.15, 0.2) is 18.5 Å². The van der Waals surface area contributed by atoms with E-state index in [0.29, 0.717) is 0 Å². The van der Waals surface area contributed by atoms with E-state index in [1.165, 1.54) is 24.9 Å². The normalized spacial score (nSPS) is 19.4. The number of fused-ring (bicyclic) bond motifs is 1. The number of pyridine rings is 1. The Bertz CT molecular complexity index is 571. The summed E-state index contributed by atoms with van der Waals surface area (Å²) in [5.74, 6) is 1.88. The molecule has 2 aromatic rings. The van der Waals surface area contributed by atoms with Gasteiger partial charge in [0.05, 0.1) is 0 Å². The zero-order valence-corrected chi connectivity index (χ0v) is 12.3. The maximum Gasteiger partial charge on any atom is 0.157 e. The van der Waals surface area contributed by atoms with Crippen LogP contribution in [0.2, 0.25) is 0 Å². The minimum absolute atomic E-state index is 0.725. The lowest BCUT2D eigenvalue weighted by Gasteiger charge is -2.31. The molecule has 3 heterocycles. The highest BCUT2D eigenvalue weighted by molar-refractivity contribution is 5.52. The summed E-state index contributed by atoms with van der Waals surface area (Å²) in [5, 5.41) is 7.87. The van der Waals surface area contributed by atoms with Crippen molar-refractivity contribution in [3.05, 3.63) is 24.0 Å². The van der Waals surface area contributed by atoms with Crippen LogP contribution in [0.4, 0.5) is 5.82 Å². The first-order valence-corrected chi connectivity index (χ1v) is 7.54. The minimum atomic E-state index is 0.725. The van der Waals surface area contributed by atoms with Gasteiger partial charge in [-0.15, -0.1) is 0 Å². The van der Waals surface area contributed by atoms with Crippen molar-refractivity contribution in [3.63, 3.8) is 0 Å². The van der Waals surface area contributed by atoms with Crippen molar-refractivity contribution in [2.45, 2.75) is 26.7 Å². The van der Waals surface area contributed by atoms with Crippen molar-refractivity contribution in [1.29, 1.82) is 0 Å². The van der Waals surface area contributed by atoms with Crippen molar-refractivity contribution in [3.8, 4) is 0 Å². The first-order valence-electron chi connectivity index (χ1n) is 7.54. The Labute approximate surface area is 120 Å². The van der Waals surface area contributed by atoms with Crippen LogP contribution in [-0.4, -0.2) is 40.8 Å². The second kappa shape index (κ2) is 5.79. The fraction of sp³-hybridized carbons (Fsp3) is 0.600. The molecule has 2 aromatic heterocycles. The van der Waals surface area contributed by atoms with Gasteiger partial charge >= 0.3 is 0 Å². The predicted molar refractivity (Wildman–Crippen MR) is 81.2 cm³/mol. The molecule has 0 aliphatic carbocycles. The molecule has 1 fully saturated rings. The Morgan fingerprint density at radius 2 is 2.35 bits per heavy atom. The van der Waals surface area contributed by atoms with Crippen LogP contribution in [-0.2, 0) is 0 Å². The first-order chi connectivity index (χ1) is 9.78. The predicted octanol–water partition coefficient (Wildman–Crippen LogP) is 1.86. The van der Waals surface area contributed by atoms with Crippen LogP contribution < -0.4 is 10.2 Å². The molecule has 1 saturated heterocycles. The molecule has 0 aromatic carbocycles. The van der Waals surface area contributed by atoms with Gasteiger partial charge < -0.3 is 10.2 Å². The summed E-state index contributed by atoms with van der Waals surface area (Å²) in [5.41, 5.74) is 2.17. The number of nitrogens with zero attached hydrogens (tertiary/aromatic N) is 4. The van der Waals surface area contributed by atoms with E-state index in [1.54, 1.807) is 6.33 Å². The number of rotatable bonds is 4. The lowest BCUT2D eigenvalue weighted by atomic mass is 9.99. The van der Waals surface area contributed by atoms with Crippen molar-refractivity contribution < 1.29 is 0 Å². The highest BCUT2D eigenvalue weighted by Crippen LogP contribution is 2.21. The van der Waals surface area contributed by atoms with Crippen LogP contribution in [0.1, 0.15) is 25.3 Å². The maximum atomic E-state index is 4.37. The fourth-order valence-electron chi connectivity index (χ4n) is 3.04. The van der Waals surface area contributed by atoms with Gasteiger partial charge in [0.2, 0.25) is 0 Å². The summed E-state index contributed by atoms with van der Waals surface area (Å²) in [7, 11) is 0. The Morgan fingerprint density at radius 1 is 1.45 bits per heavy atom. The standard InChI is InChI=1S/C15H23N5/c1-3-19(10-13-5-4-6-16-9-13)15-8-12(2)7-14-17-11-18-20(14)15/h7-8,11,13,16H,3-6,9-10H2,1-2H3. The van der Waals surface area contributed by atoms with Crippen LogP contribution in [0.3, 0.4) is 0 Å². The minimum Gasteiger partial charge on any atom is -0.356 e. The Hall–Kier alpha value is -1.62. The molecule has 0 saturated carbocycles. The number of aromatic nitrogens is 3. The fourth-order valence-corrected chi connectivity index (χ4v) is 3.04. The molecule has 1 N–H and O–H groups in total. The number of hydrogen-bond acceptors (Lipinski definition) is 4. The van der Waals surface area contributed by atoms with Gasteiger partial charge in [-0.1, -0.05) is 0 Å². The van der Waals surface area contributed by atoms with Gasteiger partial charge in [0, 0.05) is 13.1 Å². The van der Waals surface area contributed by atoms with Crippen LogP contribution in [0, 0.1) is 12.8 Å². The van der Waals surface area contributed by atoms with Gasteiger partial charge in [-0.2, -0.15) is 9.61 Å². The third-order valence-corrected chi connectivity index (χ3v) is 4.09. The molecular formula is C15H23N5. The summed E-state index contributed by atoms with van der Waals surface area (Å²) in [6.07, 6.45) is 4.23. The molecule has 1 aliphatic heterocycles. The number of nitrogens with one attached hydrogen (secondary N) is 1. The van der Waals surface area contributed by atoms with E-state index in [-0.39, 0.29) is 0 Å². The molecule has 0 radical (unpaired) electrons. The van der Waals surface area contributed by atoms with Crippen LogP contribution in [0.25, 0.3) is 5.65 Å². The quantitative estimate of drug-likeness (QED) is 0.923. The third-order valence-electron chi connectivity index (χ3n) is 4.09. The molecule has 5 heteroatoms. The van der Waals surface area contributed by atoms with E-state index in [0.717, 1.165) is 37.0 Å². The number of hydrogen-bond donors (Lipinski definition) is 1. The topological polar surface area (TPSA) is 45.5 Å². The molecule has 0 spiro atoms. The van der Waals surface area contributed by atoms with Crippen molar-refractivity contribution in [2.75, 3.05) is 31.1 Å². The first kappa shape index (κ1) is 13.4. The summed E-state index contributed by atoms with van der Waals surface area (Å²) < 4.78 is 1.95. The summed E-state index contributed by atoms with van der Waals surface area (Å²) >= 11 is 0. The number of piperidine rings is 1. The molecular weight excluding hydrogens is 250 g/mol. The van der Waals surface area contributed by atoms with Crippen LogP contribution in [0.5, 0.6) is 0 Å². The van der Waals surface area contributed by atoms with Crippen molar-refractivity contribution in [1.82, 2.24) is 19.9 Å². The number of anilines is 1. The van der Waals surface area contributed by atoms with Gasteiger partial charge in [-0.25, -0.2) is 4.98 Å². The third kappa shape index (κ3) is 2.63. The molecule has 108 valence electrons. The van der Waals surface area contributed by atoms with E-state index >= 15 is 0 Å². The zero-order chi connectivity index (χ0) is 13.9. The molecule has 0 bridgehead atoms. The van der Waals surface area contributed by atoms with E-state index in [4.69, 9.17) is 0 Å². The molecule has 1 unspecified atom stereocenters. The summed E-state index contributed by atoms with van der Waals surface area (Å²) in [6, 6.07) is 4.29. The largest absolute Gasteiger partial charge is 0.356 e. The summed E-state index contributed by atoms with van der Waals surface area (Å²) in [4.78, 5) is 6.74. The van der Waals surface area contributed by atoms with Crippen LogP contribution >= 0.6 is 0 Å². The molecule has 5 nitrogen and oxygen atoms in total. The van der Waals surface area contributed by atoms with E-state index in [1.807, 2.05) is 4.52 Å².